The molecule has 0 bridgehead atoms. The fraction of sp³-hybridized carbons (Fsp3) is 0.231. The van der Waals surface area contributed by atoms with Gasteiger partial charge in [-0.3, -0.25) is 19.2 Å². The van der Waals surface area contributed by atoms with Gasteiger partial charge in [0.2, 0.25) is 0 Å². The number of esters is 1. The molecule has 0 spiro atoms. The topological polar surface area (TPSA) is 120 Å². The Hall–Kier alpha value is -4.60. The van der Waals surface area contributed by atoms with Crippen molar-refractivity contribution in [3.05, 3.63) is 88.9 Å². The molecule has 0 N–H and O–H groups in total. The first-order chi connectivity index (χ1) is 17.5. The van der Waals surface area contributed by atoms with Crippen LogP contribution in [0.15, 0.2) is 65.3 Å². The number of unbranched alkanes of at least 4 members (excludes halogenated alkanes) is 1. The van der Waals surface area contributed by atoms with Crippen LogP contribution in [0.5, 0.6) is 0 Å². The Kier molecular flexibility index (Phi) is 6.40. The summed E-state index contributed by atoms with van der Waals surface area (Å²) < 4.78 is 12.3. The molecular weight excluding hydrogens is 462 g/mol. The number of rotatable bonds is 9. The van der Waals surface area contributed by atoms with Crippen LogP contribution in [-0.4, -0.2) is 49.4 Å². The zero-order valence-corrected chi connectivity index (χ0v) is 19.6. The number of imide groups is 1. The standard InChI is InChI=1S/C26H23N5O5/c1-17-22(23(28-36-17)18-9-3-2-4-10-18)26(34)35-16-19-15-30(29-27-19)13-7-8-14-31-24(32)20-11-5-6-12-21(20)25(31)33/h2-6,9-12,15H,7-8,13-14,16H2,1H3. The van der Waals surface area contributed by atoms with Gasteiger partial charge in [-0.2, -0.15) is 0 Å². The SMILES string of the molecule is Cc1onc(-c2ccccc2)c1C(=O)OCc1cn(CCCCN2C(=O)c3ccccc3C2=O)nn1. The van der Waals surface area contributed by atoms with Crippen LogP contribution in [0.25, 0.3) is 11.3 Å². The maximum Gasteiger partial charge on any atom is 0.344 e. The lowest BCUT2D eigenvalue weighted by atomic mass is 10.1. The number of carbonyl (C=O) groups is 3. The Balaban J connectivity index is 1.11. The summed E-state index contributed by atoms with van der Waals surface area (Å²) in [7, 11) is 0. The molecule has 0 fully saturated rings. The monoisotopic (exact) mass is 485 g/mol. The van der Waals surface area contributed by atoms with Crippen LogP contribution in [0, 0.1) is 6.92 Å². The number of hydrogen-bond acceptors (Lipinski definition) is 8. The molecule has 1 aliphatic rings. The molecule has 0 unspecified atom stereocenters. The van der Waals surface area contributed by atoms with Crippen LogP contribution in [0.1, 0.15) is 55.4 Å². The van der Waals surface area contributed by atoms with Crippen molar-refractivity contribution in [3.8, 4) is 11.3 Å². The average Bonchev–Trinajstić information content (AvgIpc) is 3.59. The molecule has 4 aromatic rings. The van der Waals surface area contributed by atoms with E-state index in [9.17, 15) is 14.4 Å². The molecule has 5 rings (SSSR count). The lowest BCUT2D eigenvalue weighted by molar-refractivity contribution is 0.0465. The summed E-state index contributed by atoms with van der Waals surface area (Å²) in [4.78, 5) is 38.9. The maximum absolute atomic E-state index is 12.7. The smallest absolute Gasteiger partial charge is 0.344 e. The third-order valence-electron chi connectivity index (χ3n) is 5.95. The van der Waals surface area contributed by atoms with Crippen molar-refractivity contribution in [1.29, 1.82) is 0 Å². The van der Waals surface area contributed by atoms with E-state index >= 15 is 0 Å². The predicted molar refractivity (Wildman–Crippen MR) is 127 cm³/mol. The Morgan fingerprint density at radius 2 is 1.61 bits per heavy atom. The number of fused-ring (bicyclic) bond motifs is 1. The molecule has 1 aliphatic heterocycles. The van der Waals surface area contributed by atoms with Gasteiger partial charge in [-0.25, -0.2) is 4.79 Å². The number of aryl methyl sites for hydroxylation is 2. The van der Waals surface area contributed by atoms with Crippen molar-refractivity contribution in [1.82, 2.24) is 25.1 Å². The van der Waals surface area contributed by atoms with Crippen molar-refractivity contribution in [2.75, 3.05) is 6.54 Å². The van der Waals surface area contributed by atoms with Gasteiger partial charge in [-0.05, 0) is 31.9 Å². The number of carbonyl (C=O) groups excluding carboxylic acids is 3. The maximum atomic E-state index is 12.7. The second kappa shape index (κ2) is 9.95. The summed E-state index contributed by atoms with van der Waals surface area (Å²) in [5.74, 6) is -0.679. The van der Waals surface area contributed by atoms with Crippen molar-refractivity contribution in [2.24, 2.45) is 0 Å². The van der Waals surface area contributed by atoms with Gasteiger partial charge in [-0.1, -0.05) is 52.8 Å². The van der Waals surface area contributed by atoms with Crippen LogP contribution in [0.4, 0.5) is 0 Å². The quantitative estimate of drug-likeness (QED) is 0.200. The summed E-state index contributed by atoms with van der Waals surface area (Å²) in [6, 6.07) is 16.1. The number of hydrogen-bond donors (Lipinski definition) is 0. The summed E-state index contributed by atoms with van der Waals surface area (Å²) in [5, 5.41) is 12.1. The third kappa shape index (κ3) is 4.52. The predicted octanol–water partition coefficient (Wildman–Crippen LogP) is 3.67. The van der Waals surface area contributed by atoms with Gasteiger partial charge in [0, 0.05) is 18.7 Å². The molecule has 2 amide bonds. The van der Waals surface area contributed by atoms with E-state index in [4.69, 9.17) is 9.26 Å². The fourth-order valence-electron chi connectivity index (χ4n) is 4.12. The molecule has 0 atom stereocenters. The van der Waals surface area contributed by atoms with Crippen molar-refractivity contribution in [2.45, 2.75) is 32.9 Å². The number of nitrogens with zero attached hydrogens (tertiary/aromatic N) is 5. The van der Waals surface area contributed by atoms with Gasteiger partial charge in [0.1, 0.15) is 29.3 Å². The Bertz CT molecular complexity index is 1390. The minimum Gasteiger partial charge on any atom is -0.455 e. The second-order valence-electron chi connectivity index (χ2n) is 8.39. The van der Waals surface area contributed by atoms with E-state index in [0.717, 1.165) is 5.56 Å². The molecular formula is C26H23N5O5. The molecule has 2 aromatic carbocycles. The molecule has 0 aliphatic carbocycles. The van der Waals surface area contributed by atoms with Crippen LogP contribution in [0.2, 0.25) is 0 Å². The van der Waals surface area contributed by atoms with Crippen LogP contribution < -0.4 is 0 Å². The van der Waals surface area contributed by atoms with Gasteiger partial charge in [0.15, 0.2) is 0 Å². The molecule has 2 aromatic heterocycles. The van der Waals surface area contributed by atoms with Gasteiger partial charge in [0.25, 0.3) is 11.8 Å². The zero-order valence-electron chi connectivity index (χ0n) is 19.6. The summed E-state index contributed by atoms with van der Waals surface area (Å²) in [6.45, 7) is 2.50. The first-order valence-corrected chi connectivity index (χ1v) is 11.6. The van der Waals surface area contributed by atoms with Gasteiger partial charge in [0.05, 0.1) is 17.3 Å². The van der Waals surface area contributed by atoms with Crippen molar-refractivity contribution < 1.29 is 23.6 Å². The van der Waals surface area contributed by atoms with E-state index < -0.39 is 5.97 Å². The normalized spacial score (nSPS) is 12.8. The number of aromatic nitrogens is 4. The molecule has 182 valence electrons. The van der Waals surface area contributed by atoms with E-state index in [-0.39, 0.29) is 24.0 Å². The first-order valence-electron chi connectivity index (χ1n) is 11.6. The number of benzene rings is 2. The average molecular weight is 486 g/mol. The van der Waals surface area contributed by atoms with Crippen molar-refractivity contribution in [3.63, 3.8) is 0 Å². The van der Waals surface area contributed by atoms with Gasteiger partial charge < -0.3 is 9.26 Å². The highest BCUT2D eigenvalue weighted by Crippen LogP contribution is 2.26. The summed E-state index contributed by atoms with van der Waals surface area (Å²) >= 11 is 0. The van der Waals surface area contributed by atoms with Crippen molar-refractivity contribution >= 4 is 17.8 Å². The lowest BCUT2D eigenvalue weighted by Gasteiger charge is -2.13. The van der Waals surface area contributed by atoms with Crippen LogP contribution in [-0.2, 0) is 17.9 Å². The Morgan fingerprint density at radius 1 is 0.944 bits per heavy atom. The molecule has 0 saturated heterocycles. The van der Waals surface area contributed by atoms with Crippen LogP contribution in [0.3, 0.4) is 0 Å². The summed E-state index contributed by atoms with van der Waals surface area (Å²) in [6.07, 6.45) is 3.02. The van der Waals surface area contributed by atoms with E-state index in [1.54, 1.807) is 42.1 Å². The lowest BCUT2D eigenvalue weighted by Crippen LogP contribution is -2.30. The molecule has 3 heterocycles. The Morgan fingerprint density at radius 3 is 2.33 bits per heavy atom. The van der Waals surface area contributed by atoms with Gasteiger partial charge >= 0.3 is 5.97 Å². The minimum absolute atomic E-state index is 0.0489. The number of amides is 2. The molecule has 10 heteroatoms. The van der Waals surface area contributed by atoms with Crippen LogP contribution >= 0.6 is 0 Å². The van der Waals surface area contributed by atoms with Gasteiger partial charge in [-0.15, -0.1) is 5.10 Å². The second-order valence-corrected chi connectivity index (χ2v) is 8.39. The number of ether oxygens (including phenoxy) is 1. The molecule has 36 heavy (non-hydrogen) atoms. The molecule has 0 radical (unpaired) electrons. The van der Waals surface area contributed by atoms with E-state index in [0.29, 0.717) is 54.2 Å². The largest absolute Gasteiger partial charge is 0.455 e. The van der Waals surface area contributed by atoms with E-state index in [2.05, 4.69) is 15.5 Å². The third-order valence-corrected chi connectivity index (χ3v) is 5.95. The Labute approximate surface area is 206 Å². The van der Waals surface area contributed by atoms with E-state index in [1.807, 2.05) is 30.3 Å². The first kappa shape index (κ1) is 23.2. The highest BCUT2D eigenvalue weighted by Gasteiger charge is 2.34. The molecule has 10 nitrogen and oxygen atoms in total. The summed E-state index contributed by atoms with van der Waals surface area (Å²) in [5.41, 5.74) is 2.87. The fourth-order valence-corrected chi connectivity index (χ4v) is 4.12. The molecule has 0 saturated carbocycles. The zero-order chi connectivity index (χ0) is 25.1. The minimum atomic E-state index is -0.553. The highest BCUT2D eigenvalue weighted by atomic mass is 16.5. The highest BCUT2D eigenvalue weighted by molar-refractivity contribution is 6.21. The van der Waals surface area contributed by atoms with E-state index in [1.165, 1.54) is 4.90 Å².